The Kier molecular flexibility index (Phi) is 4.23. The monoisotopic (exact) mass is 255 g/mol. The Morgan fingerprint density at radius 1 is 1.18 bits per heavy atom. The highest BCUT2D eigenvalue weighted by molar-refractivity contribution is 5.85. The van der Waals surface area contributed by atoms with E-state index in [1.807, 2.05) is 0 Å². The highest BCUT2D eigenvalue weighted by atomic mass is 35.5. The van der Waals surface area contributed by atoms with E-state index >= 15 is 0 Å². The lowest BCUT2D eigenvalue weighted by Gasteiger charge is -2.26. The van der Waals surface area contributed by atoms with Gasteiger partial charge in [0, 0.05) is 12.0 Å². The van der Waals surface area contributed by atoms with Gasteiger partial charge in [0.25, 0.3) is 0 Å². The number of rotatable bonds is 2. The number of benzene rings is 1. The number of ether oxygens (including phenoxy) is 1. The fourth-order valence-electron chi connectivity index (χ4n) is 2.32. The van der Waals surface area contributed by atoms with E-state index in [0.717, 1.165) is 13.0 Å². The highest BCUT2D eigenvalue weighted by Gasteiger charge is 2.39. The molecule has 17 heavy (non-hydrogen) atoms. The van der Waals surface area contributed by atoms with Gasteiger partial charge in [-0.1, -0.05) is 29.8 Å². The summed E-state index contributed by atoms with van der Waals surface area (Å²) >= 11 is 0. The molecular weight excluding hydrogens is 234 g/mol. The van der Waals surface area contributed by atoms with Crippen molar-refractivity contribution in [2.75, 3.05) is 6.61 Å². The van der Waals surface area contributed by atoms with Gasteiger partial charge in [0.15, 0.2) is 0 Å². The SMILES string of the molecule is Cc1ccc(CC2(C)NC(C)(C)CO2)cc1.Cl. The standard InChI is InChI=1S/C14H21NO.ClH/c1-11-5-7-12(8-6-11)9-14(4)15-13(2,3)10-16-14;/h5-8,15H,9-10H2,1-4H3;1H. The molecule has 0 amide bonds. The molecule has 1 heterocycles. The summed E-state index contributed by atoms with van der Waals surface area (Å²) in [6.07, 6.45) is 0.913. The predicted molar refractivity (Wildman–Crippen MR) is 73.7 cm³/mol. The fourth-order valence-corrected chi connectivity index (χ4v) is 2.32. The van der Waals surface area contributed by atoms with E-state index < -0.39 is 0 Å². The van der Waals surface area contributed by atoms with Crippen LogP contribution in [0.25, 0.3) is 0 Å². The minimum absolute atomic E-state index is 0. The van der Waals surface area contributed by atoms with Gasteiger partial charge in [-0.15, -0.1) is 12.4 Å². The van der Waals surface area contributed by atoms with Crippen LogP contribution in [0.1, 0.15) is 31.9 Å². The van der Waals surface area contributed by atoms with Gasteiger partial charge in [0.05, 0.1) is 6.61 Å². The quantitative estimate of drug-likeness (QED) is 0.877. The van der Waals surface area contributed by atoms with Crippen LogP contribution in [0, 0.1) is 6.92 Å². The second-order valence-electron chi connectivity index (χ2n) is 5.69. The average Bonchev–Trinajstić information content (AvgIpc) is 2.45. The van der Waals surface area contributed by atoms with Crippen LogP contribution in [-0.4, -0.2) is 17.9 Å². The number of hydrogen-bond donors (Lipinski definition) is 1. The summed E-state index contributed by atoms with van der Waals surface area (Å²) in [5.74, 6) is 0. The van der Waals surface area contributed by atoms with E-state index in [4.69, 9.17) is 4.74 Å². The molecule has 2 nitrogen and oxygen atoms in total. The minimum Gasteiger partial charge on any atom is -0.359 e. The maximum atomic E-state index is 5.88. The molecule has 0 bridgehead atoms. The molecule has 0 aromatic heterocycles. The molecule has 0 saturated carbocycles. The first kappa shape index (κ1) is 14.5. The molecule has 1 aliphatic heterocycles. The summed E-state index contributed by atoms with van der Waals surface area (Å²) in [7, 11) is 0. The Bertz CT molecular complexity index is 374. The Labute approximate surface area is 110 Å². The van der Waals surface area contributed by atoms with E-state index in [0.29, 0.717) is 0 Å². The van der Waals surface area contributed by atoms with Gasteiger partial charge >= 0.3 is 0 Å². The lowest BCUT2D eigenvalue weighted by molar-refractivity contribution is 0.00669. The lowest BCUT2D eigenvalue weighted by atomic mass is 10.0. The van der Waals surface area contributed by atoms with Crippen LogP contribution in [0.3, 0.4) is 0 Å². The molecule has 1 aliphatic rings. The Balaban J connectivity index is 0.00000144. The molecule has 0 spiro atoms. The van der Waals surface area contributed by atoms with Crippen LogP contribution in [0.15, 0.2) is 24.3 Å². The van der Waals surface area contributed by atoms with Gasteiger partial charge in [-0.05, 0) is 33.3 Å². The van der Waals surface area contributed by atoms with Gasteiger partial charge in [-0.3, -0.25) is 5.32 Å². The topological polar surface area (TPSA) is 21.3 Å². The van der Waals surface area contributed by atoms with Crippen molar-refractivity contribution >= 4 is 12.4 Å². The zero-order valence-electron chi connectivity index (χ0n) is 11.0. The summed E-state index contributed by atoms with van der Waals surface area (Å²) < 4.78 is 5.88. The predicted octanol–water partition coefficient (Wildman–Crippen LogP) is 3.07. The summed E-state index contributed by atoms with van der Waals surface area (Å²) in [6, 6.07) is 8.66. The molecule has 1 atom stereocenters. The second-order valence-corrected chi connectivity index (χ2v) is 5.69. The summed E-state index contributed by atoms with van der Waals surface area (Å²) in [6.45, 7) is 9.36. The zero-order valence-corrected chi connectivity index (χ0v) is 11.9. The third-order valence-corrected chi connectivity index (χ3v) is 3.02. The minimum atomic E-state index is -0.223. The smallest absolute Gasteiger partial charge is 0.121 e. The van der Waals surface area contributed by atoms with Crippen molar-refractivity contribution in [3.05, 3.63) is 35.4 Å². The third-order valence-electron chi connectivity index (χ3n) is 3.02. The van der Waals surface area contributed by atoms with Crippen molar-refractivity contribution in [2.45, 2.75) is 45.4 Å². The van der Waals surface area contributed by atoms with Crippen molar-refractivity contribution in [2.24, 2.45) is 0 Å². The van der Waals surface area contributed by atoms with E-state index in [9.17, 15) is 0 Å². The van der Waals surface area contributed by atoms with E-state index in [-0.39, 0.29) is 23.7 Å². The third kappa shape index (κ3) is 3.70. The molecule has 1 saturated heterocycles. The molecule has 96 valence electrons. The van der Waals surface area contributed by atoms with Crippen molar-refractivity contribution < 1.29 is 4.74 Å². The van der Waals surface area contributed by atoms with E-state index in [2.05, 4.69) is 57.3 Å². The van der Waals surface area contributed by atoms with Crippen molar-refractivity contribution in [1.29, 1.82) is 0 Å². The highest BCUT2D eigenvalue weighted by Crippen LogP contribution is 2.26. The summed E-state index contributed by atoms with van der Waals surface area (Å²) in [5.41, 5.74) is 2.48. The first-order valence-corrected chi connectivity index (χ1v) is 5.87. The number of halogens is 1. The number of hydrogen-bond acceptors (Lipinski definition) is 2. The van der Waals surface area contributed by atoms with Gasteiger partial charge in [0.2, 0.25) is 0 Å². The largest absolute Gasteiger partial charge is 0.359 e. The van der Waals surface area contributed by atoms with Gasteiger partial charge in [-0.2, -0.15) is 0 Å². The molecule has 0 aliphatic carbocycles. The molecule has 1 unspecified atom stereocenters. The van der Waals surface area contributed by atoms with E-state index in [1.54, 1.807) is 0 Å². The first-order valence-electron chi connectivity index (χ1n) is 5.87. The molecule has 1 N–H and O–H groups in total. The maximum Gasteiger partial charge on any atom is 0.121 e. The fraction of sp³-hybridized carbons (Fsp3) is 0.571. The molecule has 1 aromatic rings. The molecule has 1 aromatic carbocycles. The lowest BCUT2D eigenvalue weighted by Crippen LogP contribution is -2.47. The summed E-state index contributed by atoms with van der Waals surface area (Å²) in [5, 5.41) is 3.55. The van der Waals surface area contributed by atoms with E-state index in [1.165, 1.54) is 11.1 Å². The van der Waals surface area contributed by atoms with Crippen molar-refractivity contribution in [3.8, 4) is 0 Å². The number of nitrogens with one attached hydrogen (secondary N) is 1. The van der Waals surface area contributed by atoms with Gasteiger partial charge in [0.1, 0.15) is 5.72 Å². The molecule has 1 fully saturated rings. The van der Waals surface area contributed by atoms with Crippen LogP contribution in [0.2, 0.25) is 0 Å². The van der Waals surface area contributed by atoms with Gasteiger partial charge < -0.3 is 4.74 Å². The van der Waals surface area contributed by atoms with Crippen molar-refractivity contribution in [1.82, 2.24) is 5.32 Å². The summed E-state index contributed by atoms with van der Waals surface area (Å²) in [4.78, 5) is 0. The zero-order chi connectivity index (χ0) is 11.8. The maximum absolute atomic E-state index is 5.88. The molecule has 3 heteroatoms. The van der Waals surface area contributed by atoms with Gasteiger partial charge in [-0.25, -0.2) is 0 Å². The normalized spacial score (nSPS) is 26.6. The Hall–Kier alpha value is -0.570. The second kappa shape index (κ2) is 4.97. The van der Waals surface area contributed by atoms with Crippen LogP contribution < -0.4 is 5.32 Å². The van der Waals surface area contributed by atoms with Crippen molar-refractivity contribution in [3.63, 3.8) is 0 Å². The van der Waals surface area contributed by atoms with Crippen LogP contribution in [-0.2, 0) is 11.2 Å². The van der Waals surface area contributed by atoms with Crippen LogP contribution in [0.5, 0.6) is 0 Å². The van der Waals surface area contributed by atoms with Crippen LogP contribution in [0.4, 0.5) is 0 Å². The van der Waals surface area contributed by atoms with Crippen LogP contribution >= 0.6 is 12.4 Å². The molecule has 0 radical (unpaired) electrons. The molecular formula is C14H22ClNO. The Morgan fingerprint density at radius 2 is 1.76 bits per heavy atom. The first-order chi connectivity index (χ1) is 7.39. The number of aryl methyl sites for hydroxylation is 1. The Morgan fingerprint density at radius 3 is 2.24 bits per heavy atom. The average molecular weight is 256 g/mol. The molecule has 2 rings (SSSR count).